The Morgan fingerprint density at radius 3 is 2.47 bits per heavy atom. The fourth-order valence-electron chi connectivity index (χ4n) is 1.85. The predicted molar refractivity (Wildman–Crippen MR) is 57.8 cm³/mol. The average molecular weight is 207 g/mol. The van der Waals surface area contributed by atoms with Crippen LogP contribution < -0.4 is 0 Å². The number of hydrogen-bond acceptors (Lipinski definition) is 2. The van der Waals surface area contributed by atoms with Crippen molar-refractivity contribution in [2.24, 2.45) is 5.41 Å². The van der Waals surface area contributed by atoms with Gasteiger partial charge in [0.25, 0.3) is 0 Å². The van der Waals surface area contributed by atoms with Gasteiger partial charge in [0.15, 0.2) is 0 Å². The fraction of sp³-hybridized carbons (Fsp3) is 0.667. The molecule has 0 aliphatic carbocycles. The third-order valence-corrected chi connectivity index (χ3v) is 2.73. The zero-order chi connectivity index (χ0) is 11.6. The van der Waals surface area contributed by atoms with Crippen LogP contribution in [0.25, 0.3) is 0 Å². The van der Waals surface area contributed by atoms with Crippen molar-refractivity contribution >= 4 is 11.8 Å². The molecule has 0 radical (unpaired) electrons. The molecule has 0 aromatic rings. The van der Waals surface area contributed by atoms with Gasteiger partial charge in [0.2, 0.25) is 11.8 Å². The Morgan fingerprint density at radius 1 is 1.53 bits per heavy atom. The number of terminal acetylenes is 1. The Bertz CT molecular complexity index is 325. The molecule has 82 valence electrons. The summed E-state index contributed by atoms with van der Waals surface area (Å²) in [7, 11) is 0. The summed E-state index contributed by atoms with van der Waals surface area (Å²) in [5.41, 5.74) is -0.583. The minimum absolute atomic E-state index is 0.135. The molecule has 2 amide bonds. The van der Waals surface area contributed by atoms with Crippen LogP contribution in [-0.4, -0.2) is 22.8 Å². The van der Waals surface area contributed by atoms with Crippen LogP contribution in [0.15, 0.2) is 0 Å². The SMILES string of the molecule is C#CC(CCC)N1C(=O)CC(C)(C)C1=O. The van der Waals surface area contributed by atoms with E-state index in [4.69, 9.17) is 6.42 Å². The summed E-state index contributed by atoms with van der Waals surface area (Å²) in [4.78, 5) is 24.9. The Labute approximate surface area is 90.8 Å². The number of imide groups is 1. The molecule has 3 nitrogen and oxygen atoms in total. The first-order valence-electron chi connectivity index (χ1n) is 5.26. The lowest BCUT2D eigenvalue weighted by molar-refractivity contribution is -0.142. The normalized spacial score (nSPS) is 21.6. The number of hydrogen-bond donors (Lipinski definition) is 0. The summed E-state index contributed by atoms with van der Waals surface area (Å²) in [6.07, 6.45) is 7.18. The molecule has 1 aliphatic rings. The largest absolute Gasteiger partial charge is 0.274 e. The molecular weight excluding hydrogens is 190 g/mol. The highest BCUT2D eigenvalue weighted by Crippen LogP contribution is 2.33. The molecule has 1 fully saturated rings. The van der Waals surface area contributed by atoms with E-state index in [0.717, 1.165) is 6.42 Å². The summed E-state index contributed by atoms with van der Waals surface area (Å²) in [6.45, 7) is 5.56. The van der Waals surface area contributed by atoms with Crippen LogP contribution in [0.4, 0.5) is 0 Å². The van der Waals surface area contributed by atoms with Crippen molar-refractivity contribution in [1.29, 1.82) is 0 Å². The smallest absolute Gasteiger partial charge is 0.236 e. The van der Waals surface area contributed by atoms with Gasteiger partial charge in [-0.1, -0.05) is 33.1 Å². The first kappa shape index (κ1) is 11.8. The van der Waals surface area contributed by atoms with Gasteiger partial charge in [-0.3, -0.25) is 14.5 Å². The van der Waals surface area contributed by atoms with Gasteiger partial charge in [0.05, 0.1) is 5.41 Å². The number of carbonyl (C=O) groups excluding carboxylic acids is 2. The third kappa shape index (κ3) is 2.04. The van der Waals surface area contributed by atoms with Gasteiger partial charge in [-0.05, 0) is 6.42 Å². The van der Waals surface area contributed by atoms with Crippen molar-refractivity contribution in [2.45, 2.75) is 46.1 Å². The number of rotatable bonds is 3. The maximum absolute atomic E-state index is 11.9. The minimum atomic E-state index is -0.583. The summed E-state index contributed by atoms with van der Waals surface area (Å²) in [5.74, 6) is 2.25. The number of likely N-dealkylation sites (tertiary alicyclic amines) is 1. The van der Waals surface area contributed by atoms with Gasteiger partial charge >= 0.3 is 0 Å². The molecule has 15 heavy (non-hydrogen) atoms. The molecule has 0 saturated carbocycles. The first-order valence-corrected chi connectivity index (χ1v) is 5.26. The highest BCUT2D eigenvalue weighted by Gasteiger charge is 2.46. The first-order chi connectivity index (χ1) is 6.94. The second-order valence-corrected chi connectivity index (χ2v) is 4.60. The van der Waals surface area contributed by atoms with Gasteiger partial charge in [-0.25, -0.2) is 0 Å². The molecule has 1 unspecified atom stereocenters. The monoisotopic (exact) mass is 207 g/mol. The quantitative estimate of drug-likeness (QED) is 0.520. The third-order valence-electron chi connectivity index (χ3n) is 2.73. The molecule has 0 spiro atoms. The summed E-state index contributed by atoms with van der Waals surface area (Å²) in [5, 5.41) is 0. The van der Waals surface area contributed by atoms with E-state index in [1.807, 2.05) is 6.92 Å². The van der Waals surface area contributed by atoms with Crippen molar-refractivity contribution in [3.63, 3.8) is 0 Å². The van der Waals surface area contributed by atoms with Gasteiger partial charge in [-0.2, -0.15) is 0 Å². The Hall–Kier alpha value is -1.30. The van der Waals surface area contributed by atoms with Crippen LogP contribution in [-0.2, 0) is 9.59 Å². The van der Waals surface area contributed by atoms with Gasteiger partial charge < -0.3 is 0 Å². The molecule has 1 aliphatic heterocycles. The van der Waals surface area contributed by atoms with Crippen molar-refractivity contribution in [3.05, 3.63) is 0 Å². The molecule has 0 N–H and O–H groups in total. The topological polar surface area (TPSA) is 37.4 Å². The Morgan fingerprint density at radius 2 is 2.13 bits per heavy atom. The zero-order valence-electron chi connectivity index (χ0n) is 9.54. The van der Waals surface area contributed by atoms with E-state index in [1.165, 1.54) is 4.90 Å². The lowest BCUT2D eigenvalue weighted by atomic mass is 9.92. The van der Waals surface area contributed by atoms with Crippen molar-refractivity contribution in [2.75, 3.05) is 0 Å². The van der Waals surface area contributed by atoms with Gasteiger partial charge in [0, 0.05) is 6.42 Å². The highest BCUT2D eigenvalue weighted by atomic mass is 16.2. The van der Waals surface area contributed by atoms with Crippen LogP contribution in [0.2, 0.25) is 0 Å². The van der Waals surface area contributed by atoms with E-state index in [0.29, 0.717) is 6.42 Å². The predicted octanol–water partition coefficient (Wildman–Crippen LogP) is 1.57. The minimum Gasteiger partial charge on any atom is -0.274 e. The van der Waals surface area contributed by atoms with Crippen LogP contribution >= 0.6 is 0 Å². The van der Waals surface area contributed by atoms with E-state index in [1.54, 1.807) is 13.8 Å². The van der Waals surface area contributed by atoms with Crippen LogP contribution in [0.1, 0.15) is 40.0 Å². The van der Waals surface area contributed by atoms with Gasteiger partial charge in [0.1, 0.15) is 6.04 Å². The Balaban J connectivity index is 2.91. The highest BCUT2D eigenvalue weighted by molar-refractivity contribution is 6.06. The lowest BCUT2D eigenvalue weighted by Gasteiger charge is -2.23. The van der Waals surface area contributed by atoms with E-state index < -0.39 is 5.41 Å². The standard InChI is InChI=1S/C12H17NO2/c1-5-7-9(6-2)13-10(14)8-12(3,4)11(13)15/h2,9H,5,7-8H2,1,3-4H3. The molecule has 0 bridgehead atoms. The van der Waals surface area contributed by atoms with Crippen molar-refractivity contribution in [3.8, 4) is 12.3 Å². The average Bonchev–Trinajstić information content (AvgIpc) is 2.34. The molecular formula is C12H17NO2. The van der Waals surface area contributed by atoms with Crippen LogP contribution in [0.5, 0.6) is 0 Å². The van der Waals surface area contributed by atoms with Crippen molar-refractivity contribution in [1.82, 2.24) is 4.90 Å². The van der Waals surface area contributed by atoms with Crippen LogP contribution in [0, 0.1) is 17.8 Å². The van der Waals surface area contributed by atoms with Gasteiger partial charge in [-0.15, -0.1) is 6.42 Å². The molecule has 0 aromatic heterocycles. The maximum atomic E-state index is 11.9. The molecule has 3 heteroatoms. The fourth-order valence-corrected chi connectivity index (χ4v) is 1.85. The van der Waals surface area contributed by atoms with E-state index in [2.05, 4.69) is 5.92 Å². The van der Waals surface area contributed by atoms with Crippen molar-refractivity contribution < 1.29 is 9.59 Å². The van der Waals surface area contributed by atoms with Crippen LogP contribution in [0.3, 0.4) is 0 Å². The van der Waals surface area contributed by atoms with E-state index in [-0.39, 0.29) is 24.3 Å². The maximum Gasteiger partial charge on any atom is 0.236 e. The summed E-state index contributed by atoms with van der Waals surface area (Å²) < 4.78 is 0. The molecule has 0 aromatic carbocycles. The number of amides is 2. The molecule has 1 atom stereocenters. The second kappa shape index (κ2) is 4.06. The number of carbonyl (C=O) groups is 2. The molecule has 1 saturated heterocycles. The van der Waals surface area contributed by atoms with E-state index >= 15 is 0 Å². The summed E-state index contributed by atoms with van der Waals surface area (Å²) in [6, 6.07) is -0.364. The summed E-state index contributed by atoms with van der Waals surface area (Å²) >= 11 is 0. The molecule has 1 rings (SSSR count). The van der Waals surface area contributed by atoms with E-state index in [9.17, 15) is 9.59 Å². The molecule has 1 heterocycles. The second-order valence-electron chi connectivity index (χ2n) is 4.60. The zero-order valence-corrected chi connectivity index (χ0v) is 9.54. The number of nitrogens with zero attached hydrogens (tertiary/aromatic N) is 1. The Kier molecular flexibility index (Phi) is 3.18. The lowest BCUT2D eigenvalue weighted by Crippen LogP contribution is -2.40.